The van der Waals surface area contributed by atoms with Crippen LogP contribution in [0.1, 0.15) is 40.7 Å². The Labute approximate surface area is 216 Å². The fourth-order valence-electron chi connectivity index (χ4n) is 4.71. The third-order valence-corrected chi connectivity index (χ3v) is 6.76. The highest BCUT2D eigenvalue weighted by molar-refractivity contribution is 6.36. The van der Waals surface area contributed by atoms with Crippen molar-refractivity contribution in [3.05, 3.63) is 111 Å². The van der Waals surface area contributed by atoms with Crippen LogP contribution in [-0.4, -0.2) is 32.9 Å². The van der Waals surface area contributed by atoms with Gasteiger partial charge in [0.2, 0.25) is 5.91 Å². The van der Waals surface area contributed by atoms with Crippen molar-refractivity contribution in [1.82, 2.24) is 14.8 Å². The van der Waals surface area contributed by atoms with Crippen molar-refractivity contribution in [2.24, 2.45) is 0 Å². The fourth-order valence-corrected chi connectivity index (χ4v) is 4.97. The lowest BCUT2D eigenvalue weighted by atomic mass is 10.0. The average molecular weight is 520 g/mol. The average Bonchev–Trinajstić information content (AvgIpc) is 3.28. The maximum absolute atomic E-state index is 13.8. The summed E-state index contributed by atoms with van der Waals surface area (Å²) in [5.41, 5.74) is 0.593. The molecule has 0 spiro atoms. The number of carbonyl (C=O) groups excluding carboxylic acids is 2. The van der Waals surface area contributed by atoms with E-state index in [1.54, 1.807) is 53.4 Å². The third kappa shape index (κ3) is 4.73. The number of hydrogen-bond acceptors (Lipinski definition) is 4. The molecule has 1 fully saturated rings. The first-order valence-corrected chi connectivity index (χ1v) is 12.2. The van der Waals surface area contributed by atoms with Crippen LogP contribution >= 0.6 is 11.6 Å². The SMILES string of the molecule is O=C(N[C@@H](O)c1cccc(F)c1)c1c(CN2CCCC2=O)n(-c2ccccc2)c(=O)c2c(Cl)cccc12. The van der Waals surface area contributed by atoms with Crippen LogP contribution in [0.3, 0.4) is 0 Å². The highest BCUT2D eigenvalue weighted by Gasteiger charge is 2.29. The molecule has 3 aromatic carbocycles. The summed E-state index contributed by atoms with van der Waals surface area (Å²) in [6.07, 6.45) is -0.460. The normalized spacial score (nSPS) is 14.2. The minimum absolute atomic E-state index is 0.00420. The molecular formula is C28H23ClFN3O4. The van der Waals surface area contributed by atoms with Gasteiger partial charge in [0, 0.05) is 29.6 Å². The van der Waals surface area contributed by atoms with E-state index in [-0.39, 0.29) is 45.1 Å². The molecule has 0 saturated carbocycles. The molecule has 7 nitrogen and oxygen atoms in total. The van der Waals surface area contributed by atoms with E-state index in [0.29, 0.717) is 25.1 Å². The van der Waals surface area contributed by atoms with Gasteiger partial charge in [0.25, 0.3) is 11.5 Å². The number of aliphatic hydroxyl groups is 1. The van der Waals surface area contributed by atoms with Gasteiger partial charge in [-0.3, -0.25) is 19.0 Å². The van der Waals surface area contributed by atoms with Gasteiger partial charge in [-0.1, -0.05) is 54.1 Å². The van der Waals surface area contributed by atoms with E-state index < -0.39 is 23.5 Å². The lowest BCUT2D eigenvalue weighted by Crippen LogP contribution is -2.36. The van der Waals surface area contributed by atoms with Gasteiger partial charge in [-0.25, -0.2) is 4.39 Å². The summed E-state index contributed by atoms with van der Waals surface area (Å²) in [5.74, 6) is -1.34. The topological polar surface area (TPSA) is 91.6 Å². The third-order valence-electron chi connectivity index (χ3n) is 6.44. The molecule has 5 rings (SSSR count). The number of likely N-dealkylation sites (tertiary alicyclic amines) is 1. The van der Waals surface area contributed by atoms with E-state index in [9.17, 15) is 23.9 Å². The Morgan fingerprint density at radius 3 is 2.51 bits per heavy atom. The minimum Gasteiger partial charge on any atom is -0.369 e. The molecule has 0 bridgehead atoms. The van der Waals surface area contributed by atoms with Crippen molar-refractivity contribution in [1.29, 1.82) is 0 Å². The molecule has 0 unspecified atom stereocenters. The van der Waals surface area contributed by atoms with Gasteiger partial charge in [-0.05, 0) is 36.8 Å². The Bertz CT molecular complexity index is 1570. The maximum atomic E-state index is 13.8. The van der Waals surface area contributed by atoms with E-state index >= 15 is 0 Å². The standard InChI is InChI=1S/C28H23ClFN3O4/c29-21-12-5-11-20-24(21)28(37)33(19-9-2-1-3-10-19)22(16-32-14-6-13-23(32)34)25(20)27(36)31-26(35)17-7-4-8-18(30)15-17/h1-5,7-12,15,26,35H,6,13-14,16H2,(H,31,36)/t26-/m0/s1. The zero-order valence-electron chi connectivity index (χ0n) is 19.7. The van der Waals surface area contributed by atoms with Crippen LogP contribution in [0.2, 0.25) is 5.02 Å². The number of amides is 2. The van der Waals surface area contributed by atoms with Gasteiger partial charge in [-0.2, -0.15) is 0 Å². The van der Waals surface area contributed by atoms with Crippen molar-refractivity contribution < 1.29 is 19.1 Å². The van der Waals surface area contributed by atoms with E-state index in [0.717, 1.165) is 6.07 Å². The fraction of sp³-hybridized carbons (Fsp3) is 0.179. The second-order valence-corrected chi connectivity index (χ2v) is 9.22. The van der Waals surface area contributed by atoms with Crippen molar-refractivity contribution in [2.45, 2.75) is 25.6 Å². The Morgan fingerprint density at radius 1 is 1.05 bits per heavy atom. The first-order valence-electron chi connectivity index (χ1n) is 11.8. The molecule has 1 aromatic heterocycles. The van der Waals surface area contributed by atoms with Crippen LogP contribution in [-0.2, 0) is 11.3 Å². The quantitative estimate of drug-likeness (QED) is 0.371. The smallest absolute Gasteiger partial charge is 0.264 e. The molecule has 0 aliphatic carbocycles. The number of pyridine rings is 1. The molecule has 37 heavy (non-hydrogen) atoms. The molecule has 2 heterocycles. The minimum atomic E-state index is -1.52. The zero-order valence-corrected chi connectivity index (χ0v) is 20.4. The predicted octanol–water partition coefficient (Wildman–Crippen LogP) is 4.33. The number of hydrogen-bond donors (Lipinski definition) is 2. The van der Waals surface area contributed by atoms with Crippen molar-refractivity contribution >= 4 is 34.2 Å². The maximum Gasteiger partial charge on any atom is 0.264 e. The molecule has 9 heteroatoms. The molecular weight excluding hydrogens is 497 g/mol. The van der Waals surface area contributed by atoms with Crippen molar-refractivity contribution in [2.75, 3.05) is 6.54 Å². The first-order chi connectivity index (χ1) is 17.8. The summed E-state index contributed by atoms with van der Waals surface area (Å²) in [4.78, 5) is 41.8. The number of aliphatic hydroxyl groups excluding tert-OH is 1. The number of nitrogens with one attached hydrogen (secondary N) is 1. The molecule has 1 atom stereocenters. The molecule has 1 aliphatic heterocycles. The largest absolute Gasteiger partial charge is 0.369 e. The van der Waals surface area contributed by atoms with Crippen LogP contribution < -0.4 is 10.9 Å². The van der Waals surface area contributed by atoms with Gasteiger partial charge in [0.1, 0.15) is 5.82 Å². The molecule has 1 saturated heterocycles. The van der Waals surface area contributed by atoms with E-state index in [2.05, 4.69) is 5.32 Å². The van der Waals surface area contributed by atoms with Crippen LogP contribution in [0.4, 0.5) is 4.39 Å². The van der Waals surface area contributed by atoms with Gasteiger partial charge >= 0.3 is 0 Å². The molecule has 2 amide bonds. The van der Waals surface area contributed by atoms with Crippen LogP contribution in [0.15, 0.2) is 77.6 Å². The molecule has 4 aromatic rings. The molecule has 2 N–H and O–H groups in total. The number of para-hydroxylation sites is 1. The van der Waals surface area contributed by atoms with E-state index in [4.69, 9.17) is 11.6 Å². The Balaban J connectivity index is 1.74. The van der Waals surface area contributed by atoms with Gasteiger partial charge < -0.3 is 15.3 Å². The number of carbonyl (C=O) groups is 2. The van der Waals surface area contributed by atoms with Gasteiger partial charge in [0.05, 0.1) is 28.2 Å². The Kier molecular flexibility index (Phi) is 6.78. The molecule has 1 aliphatic rings. The second-order valence-electron chi connectivity index (χ2n) is 8.81. The highest BCUT2D eigenvalue weighted by atomic mass is 35.5. The van der Waals surface area contributed by atoms with E-state index in [1.807, 2.05) is 0 Å². The number of aromatic nitrogens is 1. The lowest BCUT2D eigenvalue weighted by Gasteiger charge is -2.24. The predicted molar refractivity (Wildman–Crippen MR) is 138 cm³/mol. The number of nitrogens with zero attached hydrogens (tertiary/aromatic N) is 2. The number of rotatable bonds is 6. The number of benzene rings is 3. The van der Waals surface area contributed by atoms with Crippen LogP contribution in [0, 0.1) is 5.82 Å². The highest BCUT2D eigenvalue weighted by Crippen LogP contribution is 2.29. The van der Waals surface area contributed by atoms with Gasteiger partial charge in [-0.15, -0.1) is 0 Å². The van der Waals surface area contributed by atoms with Crippen LogP contribution in [0.5, 0.6) is 0 Å². The van der Waals surface area contributed by atoms with Crippen molar-refractivity contribution in [3.8, 4) is 5.69 Å². The summed E-state index contributed by atoms with van der Waals surface area (Å²) in [6.45, 7) is 0.493. The number of halogens is 2. The van der Waals surface area contributed by atoms with Crippen molar-refractivity contribution in [3.63, 3.8) is 0 Å². The van der Waals surface area contributed by atoms with Gasteiger partial charge in [0.15, 0.2) is 6.23 Å². The van der Waals surface area contributed by atoms with Crippen LogP contribution in [0.25, 0.3) is 16.5 Å². The molecule has 188 valence electrons. The summed E-state index contributed by atoms with van der Waals surface area (Å²) in [6, 6.07) is 18.8. The Hall–Kier alpha value is -4.01. The summed E-state index contributed by atoms with van der Waals surface area (Å²) in [5, 5.41) is 13.8. The summed E-state index contributed by atoms with van der Waals surface area (Å²) < 4.78 is 15.1. The molecule has 0 radical (unpaired) electrons. The van der Waals surface area contributed by atoms with E-state index in [1.165, 1.54) is 22.8 Å². The first kappa shape index (κ1) is 24.7. The lowest BCUT2D eigenvalue weighted by molar-refractivity contribution is -0.128. The monoisotopic (exact) mass is 519 g/mol. The number of fused-ring (bicyclic) bond motifs is 1. The Morgan fingerprint density at radius 2 is 1.81 bits per heavy atom. The second kappa shape index (κ2) is 10.2. The zero-order chi connectivity index (χ0) is 26.1. The summed E-state index contributed by atoms with van der Waals surface area (Å²) in [7, 11) is 0. The summed E-state index contributed by atoms with van der Waals surface area (Å²) >= 11 is 6.46.